The van der Waals surface area contributed by atoms with E-state index in [0.29, 0.717) is 6.04 Å². The Morgan fingerprint density at radius 2 is 2.11 bits per heavy atom. The SMILES string of the molecule is Cc1ncc(N2CCCC2CNC2CC2)nc1C. The van der Waals surface area contributed by atoms with Crippen LogP contribution in [0.5, 0.6) is 0 Å². The van der Waals surface area contributed by atoms with E-state index in [1.165, 1.54) is 25.7 Å². The summed E-state index contributed by atoms with van der Waals surface area (Å²) in [7, 11) is 0. The molecule has 98 valence electrons. The van der Waals surface area contributed by atoms with Crippen LogP contribution in [0.25, 0.3) is 0 Å². The van der Waals surface area contributed by atoms with Crippen molar-refractivity contribution in [2.24, 2.45) is 0 Å². The number of aromatic nitrogens is 2. The molecule has 4 heteroatoms. The fraction of sp³-hybridized carbons (Fsp3) is 0.714. The Hall–Kier alpha value is -1.16. The van der Waals surface area contributed by atoms with Crippen molar-refractivity contribution in [3.63, 3.8) is 0 Å². The molecule has 0 spiro atoms. The number of nitrogens with zero attached hydrogens (tertiary/aromatic N) is 3. The van der Waals surface area contributed by atoms with Crippen molar-refractivity contribution in [2.75, 3.05) is 18.0 Å². The second kappa shape index (κ2) is 4.84. The third-order valence-corrected chi connectivity index (χ3v) is 4.07. The van der Waals surface area contributed by atoms with Crippen molar-refractivity contribution >= 4 is 5.82 Å². The molecule has 1 saturated heterocycles. The Kier molecular flexibility index (Phi) is 3.20. The van der Waals surface area contributed by atoms with E-state index in [4.69, 9.17) is 0 Å². The normalized spacial score (nSPS) is 23.7. The van der Waals surface area contributed by atoms with Gasteiger partial charge in [0.25, 0.3) is 0 Å². The van der Waals surface area contributed by atoms with E-state index in [0.717, 1.165) is 36.3 Å². The summed E-state index contributed by atoms with van der Waals surface area (Å²) in [5.74, 6) is 1.05. The largest absolute Gasteiger partial charge is 0.351 e. The first-order valence-electron chi connectivity index (χ1n) is 7.04. The number of hydrogen-bond donors (Lipinski definition) is 1. The molecule has 0 amide bonds. The molecule has 3 rings (SSSR count). The first-order valence-corrected chi connectivity index (χ1v) is 7.04. The minimum Gasteiger partial charge on any atom is -0.351 e. The van der Waals surface area contributed by atoms with Gasteiger partial charge in [-0.05, 0) is 39.5 Å². The van der Waals surface area contributed by atoms with Crippen molar-refractivity contribution in [3.05, 3.63) is 17.6 Å². The Morgan fingerprint density at radius 3 is 2.83 bits per heavy atom. The van der Waals surface area contributed by atoms with Crippen molar-refractivity contribution in [2.45, 2.75) is 51.6 Å². The molecule has 1 aliphatic heterocycles. The minimum absolute atomic E-state index is 0.599. The second-order valence-corrected chi connectivity index (χ2v) is 5.57. The van der Waals surface area contributed by atoms with Gasteiger partial charge in [-0.25, -0.2) is 4.98 Å². The van der Waals surface area contributed by atoms with Crippen LogP contribution in [-0.4, -0.2) is 35.1 Å². The van der Waals surface area contributed by atoms with Gasteiger partial charge >= 0.3 is 0 Å². The van der Waals surface area contributed by atoms with E-state index in [1.54, 1.807) is 0 Å². The predicted octanol–water partition coefficient (Wildman–Crippen LogP) is 1.81. The maximum absolute atomic E-state index is 4.68. The Balaban J connectivity index is 1.70. The van der Waals surface area contributed by atoms with Crippen molar-refractivity contribution in [1.29, 1.82) is 0 Å². The Labute approximate surface area is 109 Å². The standard InChI is InChI=1S/C14H22N4/c1-10-11(2)17-14(9-15-10)18-7-3-4-13(18)8-16-12-5-6-12/h9,12-13,16H,3-8H2,1-2H3. The molecule has 1 unspecified atom stereocenters. The number of aryl methyl sites for hydroxylation is 2. The van der Waals surface area contributed by atoms with Gasteiger partial charge in [-0.1, -0.05) is 0 Å². The molecular weight excluding hydrogens is 224 g/mol. The number of hydrogen-bond acceptors (Lipinski definition) is 4. The molecule has 4 nitrogen and oxygen atoms in total. The van der Waals surface area contributed by atoms with Gasteiger partial charge in [0, 0.05) is 25.2 Å². The van der Waals surface area contributed by atoms with Gasteiger partial charge in [-0.3, -0.25) is 4.98 Å². The molecule has 1 aromatic rings. The van der Waals surface area contributed by atoms with Gasteiger partial charge in [-0.2, -0.15) is 0 Å². The average molecular weight is 246 g/mol. The third kappa shape index (κ3) is 2.48. The van der Waals surface area contributed by atoms with Crippen LogP contribution in [-0.2, 0) is 0 Å². The van der Waals surface area contributed by atoms with E-state index in [2.05, 4.69) is 20.2 Å². The number of nitrogens with one attached hydrogen (secondary N) is 1. The van der Waals surface area contributed by atoms with E-state index in [1.807, 2.05) is 20.0 Å². The first-order chi connectivity index (χ1) is 8.74. The summed E-state index contributed by atoms with van der Waals surface area (Å²) >= 11 is 0. The lowest BCUT2D eigenvalue weighted by atomic mass is 10.2. The highest BCUT2D eigenvalue weighted by molar-refractivity contribution is 5.40. The van der Waals surface area contributed by atoms with Gasteiger partial charge in [0.05, 0.1) is 17.6 Å². The third-order valence-electron chi connectivity index (χ3n) is 4.07. The number of anilines is 1. The first kappa shape index (κ1) is 11.9. The topological polar surface area (TPSA) is 41.1 Å². The maximum atomic E-state index is 4.68. The summed E-state index contributed by atoms with van der Waals surface area (Å²) < 4.78 is 0. The summed E-state index contributed by atoms with van der Waals surface area (Å²) in [6.45, 7) is 6.27. The molecule has 2 aliphatic rings. The number of rotatable bonds is 4. The lowest BCUT2D eigenvalue weighted by Crippen LogP contribution is -2.39. The van der Waals surface area contributed by atoms with Crippen molar-refractivity contribution in [1.82, 2.24) is 15.3 Å². The molecular formula is C14H22N4. The van der Waals surface area contributed by atoms with Gasteiger partial charge < -0.3 is 10.2 Å². The second-order valence-electron chi connectivity index (χ2n) is 5.57. The smallest absolute Gasteiger partial charge is 0.147 e. The summed E-state index contributed by atoms with van der Waals surface area (Å²) in [5, 5.41) is 3.63. The molecule has 18 heavy (non-hydrogen) atoms. The van der Waals surface area contributed by atoms with Gasteiger partial charge in [0.1, 0.15) is 5.82 Å². The molecule has 0 aromatic carbocycles. The van der Waals surface area contributed by atoms with Gasteiger partial charge in [-0.15, -0.1) is 0 Å². The highest BCUT2D eigenvalue weighted by Gasteiger charge is 2.28. The van der Waals surface area contributed by atoms with Gasteiger partial charge in [0.2, 0.25) is 0 Å². The summed E-state index contributed by atoms with van der Waals surface area (Å²) in [4.78, 5) is 11.5. The fourth-order valence-electron chi connectivity index (χ4n) is 2.61. The van der Waals surface area contributed by atoms with Crippen LogP contribution in [0.4, 0.5) is 5.82 Å². The van der Waals surface area contributed by atoms with Crippen molar-refractivity contribution in [3.8, 4) is 0 Å². The predicted molar refractivity (Wildman–Crippen MR) is 72.9 cm³/mol. The van der Waals surface area contributed by atoms with E-state index in [-0.39, 0.29) is 0 Å². The molecule has 2 heterocycles. The van der Waals surface area contributed by atoms with Crippen LogP contribution < -0.4 is 10.2 Å². The highest BCUT2D eigenvalue weighted by atomic mass is 15.3. The lowest BCUT2D eigenvalue weighted by molar-refractivity contribution is 0.568. The van der Waals surface area contributed by atoms with Crippen LogP contribution in [0, 0.1) is 13.8 Å². The van der Waals surface area contributed by atoms with Gasteiger partial charge in [0.15, 0.2) is 0 Å². The molecule has 1 atom stereocenters. The lowest BCUT2D eigenvalue weighted by Gasteiger charge is -2.26. The summed E-state index contributed by atoms with van der Waals surface area (Å²) in [6, 6.07) is 1.39. The van der Waals surface area contributed by atoms with Crippen LogP contribution in [0.15, 0.2) is 6.20 Å². The highest BCUT2D eigenvalue weighted by Crippen LogP contribution is 2.25. The van der Waals surface area contributed by atoms with E-state index in [9.17, 15) is 0 Å². The molecule has 2 fully saturated rings. The van der Waals surface area contributed by atoms with Crippen molar-refractivity contribution < 1.29 is 0 Å². The molecule has 1 N–H and O–H groups in total. The van der Waals surface area contributed by atoms with E-state index < -0.39 is 0 Å². The Morgan fingerprint density at radius 1 is 1.28 bits per heavy atom. The molecule has 0 radical (unpaired) electrons. The van der Waals surface area contributed by atoms with E-state index >= 15 is 0 Å². The van der Waals surface area contributed by atoms with Crippen LogP contribution in [0.3, 0.4) is 0 Å². The zero-order chi connectivity index (χ0) is 12.5. The molecule has 0 bridgehead atoms. The van der Waals surface area contributed by atoms with Crippen LogP contribution in [0.2, 0.25) is 0 Å². The fourth-order valence-corrected chi connectivity index (χ4v) is 2.61. The average Bonchev–Trinajstić information content (AvgIpc) is 3.08. The zero-order valence-corrected chi connectivity index (χ0v) is 11.3. The van der Waals surface area contributed by atoms with Crippen LogP contribution in [0.1, 0.15) is 37.1 Å². The summed E-state index contributed by atoms with van der Waals surface area (Å²) in [6.07, 6.45) is 7.18. The monoisotopic (exact) mass is 246 g/mol. The minimum atomic E-state index is 0.599. The maximum Gasteiger partial charge on any atom is 0.147 e. The molecule has 1 aromatic heterocycles. The zero-order valence-electron chi connectivity index (χ0n) is 11.3. The Bertz CT molecular complexity index is 428. The quantitative estimate of drug-likeness (QED) is 0.880. The van der Waals surface area contributed by atoms with Crippen LogP contribution >= 0.6 is 0 Å². The summed E-state index contributed by atoms with van der Waals surface area (Å²) in [5.41, 5.74) is 2.08. The molecule has 1 aliphatic carbocycles. The molecule has 1 saturated carbocycles.